The lowest BCUT2D eigenvalue weighted by Gasteiger charge is -2.09. The molecule has 1 aromatic carbocycles. The van der Waals surface area contributed by atoms with Gasteiger partial charge in [0.25, 0.3) is 0 Å². The van der Waals surface area contributed by atoms with Gasteiger partial charge in [-0.3, -0.25) is 14.9 Å². The number of rotatable bonds is 4. The number of carboxylic acids is 1. The third-order valence-corrected chi connectivity index (χ3v) is 2.10. The Bertz CT molecular complexity index is 436. The van der Waals surface area contributed by atoms with Crippen LogP contribution in [0, 0.1) is 15.9 Å². The molecule has 0 aliphatic rings. The molecule has 6 nitrogen and oxygen atoms in total. The van der Waals surface area contributed by atoms with E-state index in [1.165, 1.54) is 6.07 Å². The van der Waals surface area contributed by atoms with E-state index in [0.717, 1.165) is 12.1 Å². The summed E-state index contributed by atoms with van der Waals surface area (Å²) in [6.07, 6.45) is 0. The van der Waals surface area contributed by atoms with E-state index < -0.39 is 28.3 Å². The Hall–Kier alpha value is -2.02. The van der Waals surface area contributed by atoms with Gasteiger partial charge in [0.2, 0.25) is 5.82 Å². The van der Waals surface area contributed by atoms with Crippen LogP contribution in [-0.4, -0.2) is 22.5 Å². The molecule has 0 aromatic heterocycles. The second kappa shape index (κ2) is 4.67. The van der Waals surface area contributed by atoms with Gasteiger partial charge in [-0.2, -0.15) is 4.39 Å². The smallest absolute Gasteiger partial charge is 0.312 e. The lowest BCUT2D eigenvalue weighted by Crippen LogP contribution is -2.21. The molecule has 0 saturated heterocycles. The maximum absolute atomic E-state index is 13.2. The van der Waals surface area contributed by atoms with Crippen molar-refractivity contribution in [3.05, 3.63) is 39.7 Å². The van der Waals surface area contributed by atoms with Crippen LogP contribution in [0.1, 0.15) is 11.5 Å². The SMILES string of the molecule is NCC(C(=O)O)c1ccc([N+](=O)[O-])c(F)c1. The van der Waals surface area contributed by atoms with Crippen LogP contribution in [0.25, 0.3) is 0 Å². The minimum absolute atomic E-state index is 0.109. The summed E-state index contributed by atoms with van der Waals surface area (Å²) in [4.78, 5) is 20.2. The van der Waals surface area contributed by atoms with Crippen molar-refractivity contribution >= 4 is 11.7 Å². The van der Waals surface area contributed by atoms with Gasteiger partial charge in [-0.25, -0.2) is 0 Å². The van der Waals surface area contributed by atoms with Crippen molar-refractivity contribution in [3.63, 3.8) is 0 Å². The van der Waals surface area contributed by atoms with E-state index in [4.69, 9.17) is 10.8 Å². The van der Waals surface area contributed by atoms with Crippen molar-refractivity contribution in [1.29, 1.82) is 0 Å². The molecule has 1 atom stereocenters. The lowest BCUT2D eigenvalue weighted by atomic mass is 9.99. The average molecular weight is 228 g/mol. The molecule has 1 aromatic rings. The molecule has 7 heteroatoms. The van der Waals surface area contributed by atoms with Crippen LogP contribution in [0.2, 0.25) is 0 Å². The summed E-state index contributed by atoms with van der Waals surface area (Å²) in [7, 11) is 0. The van der Waals surface area contributed by atoms with E-state index >= 15 is 0 Å². The van der Waals surface area contributed by atoms with Crippen molar-refractivity contribution in [2.45, 2.75) is 5.92 Å². The Balaban J connectivity index is 3.14. The zero-order valence-electron chi connectivity index (χ0n) is 8.09. The molecule has 0 saturated carbocycles. The number of halogens is 1. The predicted octanol–water partition coefficient (Wildman–Crippen LogP) is 0.861. The van der Waals surface area contributed by atoms with Crippen LogP contribution in [0.4, 0.5) is 10.1 Å². The zero-order valence-corrected chi connectivity index (χ0v) is 8.09. The molecule has 16 heavy (non-hydrogen) atoms. The van der Waals surface area contributed by atoms with E-state index in [-0.39, 0.29) is 12.1 Å². The zero-order chi connectivity index (χ0) is 12.3. The van der Waals surface area contributed by atoms with Crippen LogP contribution < -0.4 is 5.73 Å². The Morgan fingerprint density at radius 2 is 2.25 bits per heavy atom. The quantitative estimate of drug-likeness (QED) is 0.587. The molecule has 1 unspecified atom stereocenters. The third-order valence-electron chi connectivity index (χ3n) is 2.10. The van der Waals surface area contributed by atoms with Gasteiger partial charge in [0, 0.05) is 12.6 Å². The summed E-state index contributed by atoms with van der Waals surface area (Å²) in [6, 6.07) is 2.94. The number of nitrogens with two attached hydrogens (primary N) is 1. The molecule has 0 bridgehead atoms. The molecule has 0 amide bonds. The number of nitrogens with zero attached hydrogens (tertiary/aromatic N) is 1. The molecule has 0 heterocycles. The van der Waals surface area contributed by atoms with E-state index in [1.54, 1.807) is 0 Å². The Morgan fingerprint density at radius 3 is 2.62 bits per heavy atom. The van der Waals surface area contributed by atoms with Crippen molar-refractivity contribution in [1.82, 2.24) is 0 Å². The van der Waals surface area contributed by atoms with Crippen LogP contribution >= 0.6 is 0 Å². The first-order chi connectivity index (χ1) is 7.47. The second-order valence-corrected chi connectivity index (χ2v) is 3.09. The van der Waals surface area contributed by atoms with Crippen LogP contribution in [-0.2, 0) is 4.79 Å². The van der Waals surface area contributed by atoms with E-state index in [0.29, 0.717) is 0 Å². The first-order valence-electron chi connectivity index (χ1n) is 4.34. The highest BCUT2D eigenvalue weighted by Crippen LogP contribution is 2.22. The summed E-state index contributed by atoms with van der Waals surface area (Å²) in [5, 5.41) is 19.1. The molecule has 86 valence electrons. The Labute approximate surface area is 89.6 Å². The normalized spacial score (nSPS) is 12.1. The van der Waals surface area contributed by atoms with Crippen molar-refractivity contribution in [2.24, 2.45) is 5.73 Å². The van der Waals surface area contributed by atoms with Gasteiger partial charge in [0.1, 0.15) is 0 Å². The number of carboxylic acid groups (broad SMARTS) is 1. The number of carbonyl (C=O) groups is 1. The molecule has 0 spiro atoms. The summed E-state index contributed by atoms with van der Waals surface area (Å²) >= 11 is 0. The molecule has 0 aliphatic heterocycles. The van der Waals surface area contributed by atoms with Gasteiger partial charge in [-0.1, -0.05) is 6.07 Å². The summed E-state index contributed by atoms with van der Waals surface area (Å²) in [6.45, 7) is -0.202. The van der Waals surface area contributed by atoms with Crippen LogP contribution in [0.3, 0.4) is 0 Å². The van der Waals surface area contributed by atoms with Crippen LogP contribution in [0.15, 0.2) is 18.2 Å². The topological polar surface area (TPSA) is 106 Å². The number of nitro groups is 1. The van der Waals surface area contributed by atoms with Gasteiger partial charge in [-0.15, -0.1) is 0 Å². The molecular formula is C9H9FN2O4. The standard InChI is InChI=1S/C9H9FN2O4/c10-7-3-5(6(4-11)9(13)14)1-2-8(7)12(15)16/h1-3,6H,4,11H2,(H,13,14). The fourth-order valence-corrected chi connectivity index (χ4v) is 1.27. The first kappa shape index (κ1) is 12.1. The lowest BCUT2D eigenvalue weighted by molar-refractivity contribution is -0.387. The van der Waals surface area contributed by atoms with Crippen molar-refractivity contribution in [2.75, 3.05) is 6.54 Å². The van der Waals surface area contributed by atoms with Crippen LogP contribution in [0.5, 0.6) is 0 Å². The van der Waals surface area contributed by atoms with Gasteiger partial charge >= 0.3 is 11.7 Å². The predicted molar refractivity (Wildman–Crippen MR) is 52.5 cm³/mol. The number of aliphatic carboxylic acids is 1. The molecule has 0 radical (unpaired) electrons. The first-order valence-corrected chi connectivity index (χ1v) is 4.34. The van der Waals surface area contributed by atoms with E-state index in [9.17, 15) is 19.3 Å². The van der Waals surface area contributed by atoms with Crippen molar-refractivity contribution < 1.29 is 19.2 Å². The van der Waals surface area contributed by atoms with Gasteiger partial charge < -0.3 is 10.8 Å². The monoisotopic (exact) mass is 228 g/mol. The molecule has 1 rings (SSSR count). The van der Waals surface area contributed by atoms with Gasteiger partial charge in [0.05, 0.1) is 10.8 Å². The number of benzene rings is 1. The fraction of sp³-hybridized carbons (Fsp3) is 0.222. The summed E-state index contributed by atoms with van der Waals surface area (Å²) < 4.78 is 13.2. The molecule has 3 N–H and O–H groups in total. The number of hydrogen-bond acceptors (Lipinski definition) is 4. The van der Waals surface area contributed by atoms with Gasteiger partial charge in [0.15, 0.2) is 0 Å². The largest absolute Gasteiger partial charge is 0.481 e. The number of nitro benzene ring substituents is 1. The van der Waals surface area contributed by atoms with Crippen molar-refractivity contribution in [3.8, 4) is 0 Å². The molecule has 0 aliphatic carbocycles. The Morgan fingerprint density at radius 1 is 1.62 bits per heavy atom. The maximum atomic E-state index is 13.2. The minimum atomic E-state index is -1.20. The summed E-state index contributed by atoms with van der Waals surface area (Å²) in [5.74, 6) is -3.33. The highest BCUT2D eigenvalue weighted by Gasteiger charge is 2.21. The van der Waals surface area contributed by atoms with E-state index in [2.05, 4.69) is 0 Å². The molecular weight excluding hydrogens is 219 g/mol. The highest BCUT2D eigenvalue weighted by molar-refractivity contribution is 5.76. The summed E-state index contributed by atoms with van der Waals surface area (Å²) in [5.41, 5.74) is 4.64. The molecule has 0 fully saturated rings. The maximum Gasteiger partial charge on any atom is 0.312 e. The number of hydrogen-bond donors (Lipinski definition) is 2. The third kappa shape index (κ3) is 2.31. The average Bonchev–Trinajstić information content (AvgIpc) is 2.17. The highest BCUT2D eigenvalue weighted by atomic mass is 19.1. The van der Waals surface area contributed by atoms with E-state index in [1.807, 2.05) is 0 Å². The fourth-order valence-electron chi connectivity index (χ4n) is 1.27. The van der Waals surface area contributed by atoms with Gasteiger partial charge in [-0.05, 0) is 11.6 Å². The minimum Gasteiger partial charge on any atom is -0.481 e. The second-order valence-electron chi connectivity index (χ2n) is 3.09. The Kier molecular flexibility index (Phi) is 3.51.